The Morgan fingerprint density at radius 1 is 0.615 bits per heavy atom. The van der Waals surface area contributed by atoms with E-state index in [-0.39, 0.29) is 5.41 Å². The lowest BCUT2D eigenvalue weighted by molar-refractivity contribution is 0.645. The van der Waals surface area contributed by atoms with E-state index in [4.69, 9.17) is 0 Å². The Kier molecular flexibility index (Phi) is 7.86. The van der Waals surface area contributed by atoms with Crippen LogP contribution in [0.15, 0.2) is 157 Å². The molecule has 0 amide bonds. The fourth-order valence-electron chi connectivity index (χ4n) is 8.57. The number of rotatable bonds is 5. The highest BCUT2D eigenvalue weighted by molar-refractivity contribution is 7.25. The molecular formula is C51H42S. The maximum Gasteiger partial charge on any atom is 0.0361 e. The molecule has 0 saturated carbocycles. The van der Waals surface area contributed by atoms with Gasteiger partial charge in [-0.1, -0.05) is 147 Å². The van der Waals surface area contributed by atoms with Crippen LogP contribution in [0.1, 0.15) is 56.9 Å². The van der Waals surface area contributed by atoms with Gasteiger partial charge in [0.15, 0.2) is 0 Å². The highest BCUT2D eigenvalue weighted by Crippen LogP contribution is 2.46. The van der Waals surface area contributed by atoms with E-state index in [9.17, 15) is 0 Å². The van der Waals surface area contributed by atoms with Gasteiger partial charge in [0.05, 0.1) is 0 Å². The molecule has 0 saturated heterocycles. The molecule has 9 rings (SSSR count). The van der Waals surface area contributed by atoms with E-state index in [0.717, 1.165) is 6.42 Å². The van der Waals surface area contributed by atoms with Gasteiger partial charge in [0.2, 0.25) is 0 Å². The van der Waals surface area contributed by atoms with E-state index in [0.29, 0.717) is 0 Å². The number of benzene rings is 7. The summed E-state index contributed by atoms with van der Waals surface area (Å²) in [6.07, 6.45) is 12.2. The average Bonchev–Trinajstić information content (AvgIpc) is 3.65. The van der Waals surface area contributed by atoms with E-state index in [2.05, 4.69) is 186 Å². The van der Waals surface area contributed by atoms with Gasteiger partial charge in [-0.15, -0.1) is 11.3 Å². The van der Waals surface area contributed by atoms with Crippen LogP contribution in [0, 0.1) is 0 Å². The van der Waals surface area contributed by atoms with Gasteiger partial charge in [0.25, 0.3) is 0 Å². The van der Waals surface area contributed by atoms with Crippen LogP contribution in [0.4, 0.5) is 0 Å². The Morgan fingerprint density at radius 2 is 1.25 bits per heavy atom. The molecule has 1 heteroatoms. The quantitative estimate of drug-likeness (QED) is 0.125. The van der Waals surface area contributed by atoms with E-state index in [1.54, 1.807) is 0 Å². The molecule has 0 bridgehead atoms. The molecule has 8 aromatic rings. The van der Waals surface area contributed by atoms with Crippen molar-refractivity contribution in [3.05, 3.63) is 180 Å². The van der Waals surface area contributed by atoms with Gasteiger partial charge in [0.1, 0.15) is 0 Å². The Balaban J connectivity index is 1.06. The highest BCUT2D eigenvalue weighted by atomic mass is 32.1. The maximum atomic E-state index is 2.46. The number of hydrogen-bond donors (Lipinski definition) is 0. The van der Waals surface area contributed by atoms with Gasteiger partial charge >= 0.3 is 0 Å². The van der Waals surface area contributed by atoms with Crippen molar-refractivity contribution in [2.45, 2.75) is 46.5 Å². The summed E-state index contributed by atoms with van der Waals surface area (Å²) < 4.78 is 2.73. The Morgan fingerprint density at radius 3 is 1.94 bits per heavy atom. The first kappa shape index (κ1) is 32.4. The van der Waals surface area contributed by atoms with Gasteiger partial charge in [-0.25, -0.2) is 0 Å². The molecule has 1 aromatic heterocycles. The molecule has 7 aromatic carbocycles. The maximum absolute atomic E-state index is 2.46. The lowest BCUT2D eigenvalue weighted by atomic mass is 9.82. The molecule has 252 valence electrons. The van der Waals surface area contributed by atoms with E-state index < -0.39 is 0 Å². The van der Waals surface area contributed by atoms with Crippen LogP contribution in [0.25, 0.3) is 74.8 Å². The molecule has 0 nitrogen and oxygen atoms in total. The van der Waals surface area contributed by atoms with Crippen LogP contribution in [0.2, 0.25) is 0 Å². The molecule has 0 unspecified atom stereocenters. The van der Waals surface area contributed by atoms with Crippen molar-refractivity contribution in [1.29, 1.82) is 0 Å². The van der Waals surface area contributed by atoms with Crippen molar-refractivity contribution < 1.29 is 0 Å². The number of hydrogen-bond acceptors (Lipinski definition) is 1. The second-order valence-corrected chi connectivity index (χ2v) is 16.0. The minimum absolute atomic E-state index is 0.0199. The molecule has 0 radical (unpaired) electrons. The molecule has 1 aliphatic rings. The molecule has 1 heterocycles. The summed E-state index contributed by atoms with van der Waals surface area (Å²) in [7, 11) is 0. The minimum Gasteiger partial charge on any atom is -0.135 e. The number of allylic oxidation sites excluding steroid dienone is 8. The monoisotopic (exact) mass is 686 g/mol. The second kappa shape index (κ2) is 12.6. The molecular weight excluding hydrogens is 645 g/mol. The first-order valence-electron chi connectivity index (χ1n) is 18.4. The summed E-state index contributed by atoms with van der Waals surface area (Å²) >= 11 is 1.90. The lowest BCUT2D eigenvalue weighted by Gasteiger charge is -2.22. The third-order valence-electron chi connectivity index (χ3n) is 11.4. The first-order chi connectivity index (χ1) is 25.3. The summed E-state index contributed by atoms with van der Waals surface area (Å²) in [5.74, 6) is 0. The zero-order valence-corrected chi connectivity index (χ0v) is 31.4. The molecule has 0 spiro atoms. The van der Waals surface area contributed by atoms with Crippen molar-refractivity contribution >= 4 is 75.0 Å². The van der Waals surface area contributed by atoms with E-state index >= 15 is 0 Å². The normalized spacial score (nSPS) is 15.7. The molecule has 0 aliphatic heterocycles. The van der Waals surface area contributed by atoms with Crippen LogP contribution < -0.4 is 0 Å². The molecule has 0 atom stereocenters. The SMILES string of the molecule is C/C=C\C=C(/C)c1c2ccccc2c(-c2ccc(/C(C)=C/C=C3\Cc4cc5cc6c(cc5cc4C3(C)C)sc3ccccc36)cc2)c2ccccc12. The summed E-state index contributed by atoms with van der Waals surface area (Å²) in [6, 6.07) is 45.5. The van der Waals surface area contributed by atoms with Crippen molar-refractivity contribution in [1.82, 2.24) is 0 Å². The van der Waals surface area contributed by atoms with Crippen LogP contribution in [-0.2, 0) is 11.8 Å². The Hall–Kier alpha value is -5.50. The average molecular weight is 687 g/mol. The predicted octanol–water partition coefficient (Wildman–Crippen LogP) is 15.0. The van der Waals surface area contributed by atoms with E-state index in [1.807, 2.05) is 11.3 Å². The standard InChI is InChI=1S/C51H42S/c1-6-7-14-33(3)49-41-16-8-10-18-43(41)50(44-19-11-9-17-42(44)49)35-24-22-34(23-25-35)32(2)21-26-39-28-38-27-36-29-45-40-15-12-13-20-47(40)52-48(45)31-37(36)30-46(38)51(39,4)5/h6-27,29-31H,28H2,1-5H3/b7-6-,32-21+,33-14+,39-26+. The molecule has 1 aliphatic carbocycles. The van der Waals surface area contributed by atoms with Crippen LogP contribution >= 0.6 is 11.3 Å². The number of thiophene rings is 1. The van der Waals surface area contributed by atoms with Gasteiger partial charge in [-0.3, -0.25) is 0 Å². The molecule has 0 fully saturated rings. The predicted molar refractivity (Wildman–Crippen MR) is 231 cm³/mol. The zero-order valence-electron chi connectivity index (χ0n) is 30.5. The third-order valence-corrected chi connectivity index (χ3v) is 12.6. The van der Waals surface area contributed by atoms with Crippen molar-refractivity contribution in [3.8, 4) is 11.1 Å². The van der Waals surface area contributed by atoms with Crippen molar-refractivity contribution in [2.75, 3.05) is 0 Å². The second-order valence-electron chi connectivity index (χ2n) is 14.9. The van der Waals surface area contributed by atoms with Crippen LogP contribution in [0.5, 0.6) is 0 Å². The van der Waals surface area contributed by atoms with Gasteiger partial charge < -0.3 is 0 Å². The van der Waals surface area contributed by atoms with Crippen molar-refractivity contribution in [2.24, 2.45) is 0 Å². The van der Waals surface area contributed by atoms with Crippen LogP contribution in [-0.4, -0.2) is 0 Å². The smallest absolute Gasteiger partial charge is 0.0361 e. The summed E-state index contributed by atoms with van der Waals surface area (Å²) in [6.45, 7) is 11.3. The van der Waals surface area contributed by atoms with Gasteiger partial charge in [-0.2, -0.15) is 0 Å². The first-order valence-corrected chi connectivity index (χ1v) is 19.2. The van der Waals surface area contributed by atoms with Gasteiger partial charge in [0, 0.05) is 25.6 Å². The summed E-state index contributed by atoms with van der Waals surface area (Å²) in [4.78, 5) is 0. The molecule has 52 heavy (non-hydrogen) atoms. The minimum atomic E-state index is -0.0199. The van der Waals surface area contributed by atoms with E-state index in [1.165, 1.54) is 103 Å². The largest absolute Gasteiger partial charge is 0.135 e. The highest BCUT2D eigenvalue weighted by Gasteiger charge is 2.34. The lowest BCUT2D eigenvalue weighted by Crippen LogP contribution is -2.15. The summed E-state index contributed by atoms with van der Waals surface area (Å²) in [5.41, 5.74) is 12.0. The Labute approximate surface area is 310 Å². The van der Waals surface area contributed by atoms with Crippen LogP contribution in [0.3, 0.4) is 0 Å². The zero-order chi connectivity index (χ0) is 35.6. The number of fused-ring (bicyclic) bond motifs is 7. The third kappa shape index (κ3) is 5.26. The topological polar surface area (TPSA) is 0 Å². The van der Waals surface area contributed by atoms with Gasteiger partial charge in [-0.05, 0) is 128 Å². The summed E-state index contributed by atoms with van der Waals surface area (Å²) in [5, 5.41) is 10.6. The van der Waals surface area contributed by atoms with Crippen molar-refractivity contribution in [3.63, 3.8) is 0 Å². The fraction of sp³-hybridized carbons (Fsp3) is 0.137. The Bertz CT molecular complexity index is 2790. The molecule has 0 N–H and O–H groups in total. The fourth-order valence-corrected chi connectivity index (χ4v) is 9.71.